The first-order valence-corrected chi connectivity index (χ1v) is 7.37. The zero-order valence-electron chi connectivity index (χ0n) is 12.5. The number of carboxylic acids is 1. The van der Waals surface area contributed by atoms with Crippen LogP contribution in [0.2, 0.25) is 0 Å². The molecule has 0 aromatic carbocycles. The van der Waals surface area contributed by atoms with Gasteiger partial charge in [-0.1, -0.05) is 0 Å². The van der Waals surface area contributed by atoms with Crippen LogP contribution in [0.5, 0.6) is 0 Å². The van der Waals surface area contributed by atoms with Crippen molar-refractivity contribution in [3.05, 3.63) is 11.6 Å². The average molecular weight is 336 g/mol. The molecule has 0 unspecified atom stereocenters. The van der Waals surface area contributed by atoms with Crippen LogP contribution in [-0.4, -0.2) is 51.7 Å². The van der Waals surface area contributed by atoms with Crippen molar-refractivity contribution in [2.75, 3.05) is 19.7 Å². The van der Waals surface area contributed by atoms with E-state index in [-0.39, 0.29) is 0 Å². The number of aliphatic carboxylic acids is 1. The Hall–Kier alpha value is -1.68. The molecule has 0 spiro atoms. The molecule has 0 saturated heterocycles. The molecule has 0 atom stereocenters. The number of rotatable bonds is 4. The third kappa shape index (κ3) is 5.79. The summed E-state index contributed by atoms with van der Waals surface area (Å²) in [5.74, 6) is 0.134. The molecule has 1 fully saturated rings. The number of carbonyl (C=O) groups is 1. The maximum absolute atomic E-state index is 10.6. The van der Waals surface area contributed by atoms with E-state index < -0.39 is 12.1 Å². The van der Waals surface area contributed by atoms with Gasteiger partial charge in [0.1, 0.15) is 12.4 Å². The summed E-state index contributed by atoms with van der Waals surface area (Å²) in [5, 5.41) is 18.9. The lowest BCUT2D eigenvalue weighted by Crippen LogP contribution is -2.21. The molecule has 2 heterocycles. The van der Waals surface area contributed by atoms with Crippen molar-refractivity contribution in [2.24, 2.45) is 5.92 Å². The Labute approximate surface area is 130 Å². The molecule has 0 radical (unpaired) electrons. The van der Waals surface area contributed by atoms with Crippen LogP contribution in [-0.2, 0) is 29.1 Å². The summed E-state index contributed by atoms with van der Waals surface area (Å²) in [6.45, 7) is 4.47. The van der Waals surface area contributed by atoms with Gasteiger partial charge in [-0.2, -0.15) is 13.2 Å². The molecule has 1 aliphatic heterocycles. The molecule has 0 amide bonds. The van der Waals surface area contributed by atoms with Crippen LogP contribution < -0.4 is 5.32 Å². The highest BCUT2D eigenvalue weighted by atomic mass is 19.4. The number of hydrogen-bond acceptors (Lipinski definition) is 5. The maximum atomic E-state index is 10.6. The topological polar surface area (TPSA) is 89.3 Å². The highest BCUT2D eigenvalue weighted by molar-refractivity contribution is 5.73. The molecule has 0 bridgehead atoms. The van der Waals surface area contributed by atoms with E-state index >= 15 is 0 Å². The van der Waals surface area contributed by atoms with E-state index in [0.29, 0.717) is 6.61 Å². The van der Waals surface area contributed by atoms with E-state index in [1.165, 1.54) is 12.8 Å². The number of carboxylic acid groups (broad SMARTS) is 1. The predicted octanol–water partition coefficient (Wildman–Crippen LogP) is 0.984. The van der Waals surface area contributed by atoms with Gasteiger partial charge in [0.15, 0.2) is 5.82 Å². The summed E-state index contributed by atoms with van der Waals surface area (Å²) < 4.78 is 39.6. The van der Waals surface area contributed by atoms with E-state index in [9.17, 15) is 13.2 Å². The van der Waals surface area contributed by atoms with Crippen molar-refractivity contribution < 1.29 is 27.8 Å². The number of aromatic nitrogens is 3. The maximum Gasteiger partial charge on any atom is 0.490 e. The molecule has 1 saturated carbocycles. The smallest absolute Gasteiger partial charge is 0.475 e. The molecular weight excluding hydrogens is 317 g/mol. The summed E-state index contributed by atoms with van der Waals surface area (Å²) in [4.78, 5) is 8.90. The molecule has 23 heavy (non-hydrogen) atoms. The molecule has 10 heteroatoms. The lowest BCUT2D eigenvalue weighted by atomic mass is 10.4. The van der Waals surface area contributed by atoms with Crippen LogP contribution in [0.1, 0.15) is 24.5 Å². The van der Waals surface area contributed by atoms with Crippen molar-refractivity contribution >= 4 is 5.97 Å². The van der Waals surface area contributed by atoms with Crippen LogP contribution >= 0.6 is 0 Å². The van der Waals surface area contributed by atoms with Gasteiger partial charge in [-0.25, -0.2) is 4.79 Å². The van der Waals surface area contributed by atoms with Gasteiger partial charge in [-0.05, 0) is 18.8 Å². The molecular formula is C13H19F3N4O3. The van der Waals surface area contributed by atoms with E-state index in [1.54, 1.807) is 0 Å². The van der Waals surface area contributed by atoms with E-state index in [1.807, 2.05) is 0 Å². The van der Waals surface area contributed by atoms with Crippen LogP contribution in [0.3, 0.4) is 0 Å². The van der Waals surface area contributed by atoms with Crippen molar-refractivity contribution in [1.82, 2.24) is 20.1 Å². The fourth-order valence-corrected chi connectivity index (χ4v) is 2.04. The molecule has 2 aliphatic rings. The number of halogens is 3. The second-order valence-corrected chi connectivity index (χ2v) is 5.45. The summed E-state index contributed by atoms with van der Waals surface area (Å²) in [7, 11) is 0. The summed E-state index contributed by atoms with van der Waals surface area (Å²) in [6.07, 6.45) is -1.45. The monoisotopic (exact) mass is 336 g/mol. The lowest BCUT2D eigenvalue weighted by Gasteiger charge is -2.06. The zero-order valence-corrected chi connectivity index (χ0v) is 12.5. The van der Waals surface area contributed by atoms with Crippen LogP contribution in [0.25, 0.3) is 0 Å². The Morgan fingerprint density at radius 2 is 2.04 bits per heavy atom. The summed E-state index contributed by atoms with van der Waals surface area (Å²) >= 11 is 0. The van der Waals surface area contributed by atoms with Gasteiger partial charge in [-0.3, -0.25) is 0 Å². The molecule has 3 rings (SSSR count). The average Bonchev–Trinajstić information content (AvgIpc) is 3.25. The van der Waals surface area contributed by atoms with Crippen LogP contribution in [0.15, 0.2) is 0 Å². The minimum Gasteiger partial charge on any atom is -0.475 e. The Bertz CT molecular complexity index is 529. The Kier molecular flexibility index (Phi) is 5.94. The zero-order chi connectivity index (χ0) is 16.9. The van der Waals surface area contributed by atoms with E-state index in [0.717, 1.165) is 50.2 Å². The number of hydrogen-bond donors (Lipinski definition) is 2. The second-order valence-electron chi connectivity index (χ2n) is 5.45. The standard InChI is InChI=1S/C11H18N4O.C2HF3O2/c1-2-9(1)7-16-8-11-14-13-10-3-4-12-5-6-15(10)11;3-2(4,5)1(6)7/h9,12H,1-8H2;(H,6,7). The van der Waals surface area contributed by atoms with Gasteiger partial charge in [0.2, 0.25) is 0 Å². The molecule has 130 valence electrons. The molecule has 1 aromatic rings. The number of fused-ring (bicyclic) bond motifs is 1. The molecule has 2 N–H and O–H groups in total. The third-order valence-corrected chi connectivity index (χ3v) is 3.47. The lowest BCUT2D eigenvalue weighted by molar-refractivity contribution is -0.192. The number of nitrogens with one attached hydrogen (secondary N) is 1. The van der Waals surface area contributed by atoms with Gasteiger partial charge < -0.3 is 19.7 Å². The quantitative estimate of drug-likeness (QED) is 0.852. The van der Waals surface area contributed by atoms with Crippen LogP contribution in [0.4, 0.5) is 13.2 Å². The summed E-state index contributed by atoms with van der Waals surface area (Å²) in [5.41, 5.74) is 0. The predicted molar refractivity (Wildman–Crippen MR) is 72.7 cm³/mol. The van der Waals surface area contributed by atoms with Gasteiger partial charge in [0.25, 0.3) is 0 Å². The third-order valence-electron chi connectivity index (χ3n) is 3.47. The minimum absolute atomic E-state index is 0.615. The van der Waals surface area contributed by atoms with Gasteiger partial charge in [-0.15, -0.1) is 10.2 Å². The number of nitrogens with zero attached hydrogens (tertiary/aromatic N) is 3. The fraction of sp³-hybridized carbons (Fsp3) is 0.769. The van der Waals surface area contributed by atoms with Crippen molar-refractivity contribution in [1.29, 1.82) is 0 Å². The van der Waals surface area contributed by atoms with Gasteiger partial charge in [0, 0.05) is 32.7 Å². The molecule has 1 aromatic heterocycles. The van der Waals surface area contributed by atoms with Crippen molar-refractivity contribution in [3.63, 3.8) is 0 Å². The minimum atomic E-state index is -5.08. The first-order valence-electron chi connectivity index (χ1n) is 7.37. The summed E-state index contributed by atoms with van der Waals surface area (Å²) in [6, 6.07) is 0. The first kappa shape index (κ1) is 17.7. The van der Waals surface area contributed by atoms with Crippen LogP contribution in [0, 0.1) is 5.92 Å². The normalized spacial score (nSPS) is 17.7. The SMILES string of the molecule is C1Cc2nnc(COCC3CC3)n2CCN1.O=C(O)C(F)(F)F. The fourth-order valence-electron chi connectivity index (χ4n) is 2.04. The number of ether oxygens (including phenoxy) is 1. The first-order chi connectivity index (χ1) is 10.9. The Morgan fingerprint density at radius 1 is 1.35 bits per heavy atom. The Balaban J connectivity index is 0.000000236. The van der Waals surface area contributed by atoms with Gasteiger partial charge >= 0.3 is 12.1 Å². The Morgan fingerprint density at radius 3 is 2.65 bits per heavy atom. The van der Waals surface area contributed by atoms with Gasteiger partial charge in [0.05, 0.1) is 0 Å². The molecule has 1 aliphatic carbocycles. The highest BCUT2D eigenvalue weighted by Crippen LogP contribution is 2.29. The molecule has 7 nitrogen and oxygen atoms in total. The van der Waals surface area contributed by atoms with E-state index in [2.05, 4.69) is 20.1 Å². The number of alkyl halides is 3. The van der Waals surface area contributed by atoms with Crippen molar-refractivity contribution in [3.8, 4) is 0 Å². The largest absolute Gasteiger partial charge is 0.490 e. The highest BCUT2D eigenvalue weighted by Gasteiger charge is 2.38. The van der Waals surface area contributed by atoms with Crippen molar-refractivity contribution in [2.45, 2.75) is 38.6 Å². The second kappa shape index (κ2) is 7.73. The van der Waals surface area contributed by atoms with E-state index in [4.69, 9.17) is 14.6 Å².